The van der Waals surface area contributed by atoms with Crippen molar-refractivity contribution in [2.45, 2.75) is 20.0 Å². The van der Waals surface area contributed by atoms with Gasteiger partial charge in [-0.15, -0.1) is 0 Å². The van der Waals surface area contributed by atoms with Crippen LogP contribution in [0.5, 0.6) is 5.75 Å². The van der Waals surface area contributed by atoms with Gasteiger partial charge in [-0.2, -0.15) is 0 Å². The summed E-state index contributed by atoms with van der Waals surface area (Å²) in [5, 5.41) is 18.1. The van der Waals surface area contributed by atoms with Gasteiger partial charge in [-0.3, -0.25) is 0 Å². The van der Waals surface area contributed by atoms with Crippen LogP contribution < -0.4 is 4.74 Å². The molecule has 0 aliphatic carbocycles. The van der Waals surface area contributed by atoms with Gasteiger partial charge in [0.1, 0.15) is 17.9 Å². The second-order valence-electron chi connectivity index (χ2n) is 3.56. The minimum atomic E-state index is -1.05. The molecule has 1 aromatic carbocycles. The summed E-state index contributed by atoms with van der Waals surface area (Å²) in [5.41, 5.74) is 0.806. The summed E-state index contributed by atoms with van der Waals surface area (Å²) in [7, 11) is 0. The van der Waals surface area contributed by atoms with Crippen molar-refractivity contribution in [1.29, 1.82) is 0 Å². The van der Waals surface area contributed by atoms with Gasteiger partial charge in [-0.1, -0.05) is 15.9 Å². The maximum absolute atomic E-state index is 11.0. The maximum Gasteiger partial charge on any atom is 0.339 e. The van der Waals surface area contributed by atoms with E-state index in [1.165, 1.54) is 6.07 Å². The number of carbonyl (C=O) groups is 1. The molecule has 0 aliphatic heterocycles. The third-order valence-electron chi connectivity index (χ3n) is 1.94. The minimum absolute atomic E-state index is 0.0722. The average molecular weight is 289 g/mol. The number of aromatic carboxylic acids is 1. The predicted octanol–water partition coefficient (Wildman–Crippen LogP) is 2.22. The Morgan fingerprint density at radius 2 is 2.19 bits per heavy atom. The van der Waals surface area contributed by atoms with Crippen molar-refractivity contribution >= 4 is 21.9 Å². The lowest BCUT2D eigenvalue weighted by Crippen LogP contribution is -2.15. The number of halogens is 1. The van der Waals surface area contributed by atoms with E-state index in [4.69, 9.17) is 14.9 Å². The van der Waals surface area contributed by atoms with Gasteiger partial charge in [-0.05, 0) is 31.5 Å². The predicted molar refractivity (Wildman–Crippen MR) is 63.0 cm³/mol. The van der Waals surface area contributed by atoms with E-state index in [0.29, 0.717) is 15.8 Å². The SMILES string of the molecule is Cc1cc(Br)cc(C(=O)O)c1OCC(C)O. The number of rotatable bonds is 4. The summed E-state index contributed by atoms with van der Waals surface area (Å²) in [4.78, 5) is 11.0. The fraction of sp³-hybridized carbons (Fsp3) is 0.364. The topological polar surface area (TPSA) is 66.8 Å². The standard InChI is InChI=1S/C11H13BrO4/c1-6-3-8(12)4-9(11(14)15)10(6)16-5-7(2)13/h3-4,7,13H,5H2,1-2H3,(H,14,15). The lowest BCUT2D eigenvalue weighted by Gasteiger charge is -2.13. The Morgan fingerprint density at radius 1 is 1.56 bits per heavy atom. The summed E-state index contributed by atoms with van der Waals surface area (Å²) < 4.78 is 5.98. The van der Waals surface area contributed by atoms with Crippen LogP contribution in [0.4, 0.5) is 0 Å². The lowest BCUT2D eigenvalue weighted by atomic mass is 10.1. The van der Waals surface area contributed by atoms with Crippen molar-refractivity contribution in [3.05, 3.63) is 27.7 Å². The summed E-state index contributed by atoms with van der Waals surface area (Å²) in [6.45, 7) is 3.41. The largest absolute Gasteiger partial charge is 0.490 e. The molecule has 1 rings (SSSR count). The highest BCUT2D eigenvalue weighted by Gasteiger charge is 2.15. The Hall–Kier alpha value is -1.07. The highest BCUT2D eigenvalue weighted by Crippen LogP contribution is 2.28. The van der Waals surface area contributed by atoms with E-state index in [1.54, 1.807) is 19.9 Å². The molecule has 0 radical (unpaired) electrons. The Bertz CT molecular complexity index is 401. The molecular weight excluding hydrogens is 276 g/mol. The van der Waals surface area contributed by atoms with Gasteiger partial charge in [-0.25, -0.2) is 4.79 Å². The van der Waals surface area contributed by atoms with Crippen molar-refractivity contribution < 1.29 is 19.7 Å². The molecule has 1 unspecified atom stereocenters. The van der Waals surface area contributed by atoms with Crippen LogP contribution in [0.15, 0.2) is 16.6 Å². The molecule has 0 saturated heterocycles. The normalized spacial score (nSPS) is 12.2. The number of aliphatic hydroxyl groups excluding tert-OH is 1. The van der Waals surface area contributed by atoms with Gasteiger partial charge in [0.25, 0.3) is 0 Å². The van der Waals surface area contributed by atoms with Crippen molar-refractivity contribution in [2.75, 3.05) is 6.61 Å². The van der Waals surface area contributed by atoms with Gasteiger partial charge in [0.05, 0.1) is 6.10 Å². The Labute approximate surface area is 102 Å². The molecule has 5 heteroatoms. The molecule has 1 atom stereocenters. The monoisotopic (exact) mass is 288 g/mol. The molecular formula is C11H13BrO4. The van der Waals surface area contributed by atoms with E-state index in [-0.39, 0.29) is 12.2 Å². The molecule has 4 nitrogen and oxygen atoms in total. The lowest BCUT2D eigenvalue weighted by molar-refractivity contribution is 0.0685. The fourth-order valence-corrected chi connectivity index (χ4v) is 1.86. The van der Waals surface area contributed by atoms with Crippen LogP contribution in [-0.2, 0) is 0 Å². The van der Waals surface area contributed by atoms with Gasteiger partial charge < -0.3 is 14.9 Å². The third-order valence-corrected chi connectivity index (χ3v) is 2.40. The average Bonchev–Trinajstić information content (AvgIpc) is 2.14. The van der Waals surface area contributed by atoms with Crippen molar-refractivity contribution in [2.24, 2.45) is 0 Å². The first-order valence-corrected chi connectivity index (χ1v) is 5.55. The maximum atomic E-state index is 11.0. The molecule has 0 aromatic heterocycles. The van der Waals surface area contributed by atoms with E-state index < -0.39 is 12.1 Å². The zero-order valence-electron chi connectivity index (χ0n) is 9.03. The van der Waals surface area contributed by atoms with Crippen molar-refractivity contribution in [3.63, 3.8) is 0 Å². The first-order valence-electron chi connectivity index (χ1n) is 4.76. The van der Waals surface area contributed by atoms with Gasteiger partial charge in [0, 0.05) is 4.47 Å². The molecule has 0 spiro atoms. The summed E-state index contributed by atoms with van der Waals surface area (Å²) in [5.74, 6) is -0.749. The Balaban J connectivity index is 3.09. The number of benzene rings is 1. The molecule has 0 amide bonds. The zero-order chi connectivity index (χ0) is 12.3. The highest BCUT2D eigenvalue weighted by atomic mass is 79.9. The molecule has 0 fully saturated rings. The number of ether oxygens (including phenoxy) is 1. The second-order valence-corrected chi connectivity index (χ2v) is 4.48. The second kappa shape index (κ2) is 5.32. The third kappa shape index (κ3) is 3.21. The summed E-state index contributed by atoms with van der Waals surface area (Å²) in [6, 6.07) is 3.25. The van der Waals surface area contributed by atoms with E-state index in [0.717, 1.165) is 0 Å². The van der Waals surface area contributed by atoms with E-state index >= 15 is 0 Å². The Morgan fingerprint density at radius 3 is 2.69 bits per heavy atom. The quantitative estimate of drug-likeness (QED) is 0.892. The van der Waals surface area contributed by atoms with Crippen LogP contribution in [-0.4, -0.2) is 28.9 Å². The number of hydrogen-bond donors (Lipinski definition) is 2. The van der Waals surface area contributed by atoms with Crippen LogP contribution in [0.2, 0.25) is 0 Å². The van der Waals surface area contributed by atoms with Gasteiger partial charge >= 0.3 is 5.97 Å². The van der Waals surface area contributed by atoms with Gasteiger partial charge in [0.2, 0.25) is 0 Å². The molecule has 88 valence electrons. The molecule has 16 heavy (non-hydrogen) atoms. The van der Waals surface area contributed by atoms with Crippen LogP contribution in [0.25, 0.3) is 0 Å². The van der Waals surface area contributed by atoms with Crippen LogP contribution in [0.1, 0.15) is 22.8 Å². The number of carboxylic acids is 1. The summed E-state index contributed by atoms with van der Waals surface area (Å²) >= 11 is 3.23. The van der Waals surface area contributed by atoms with Crippen LogP contribution in [0, 0.1) is 6.92 Å². The number of carboxylic acid groups (broad SMARTS) is 1. The molecule has 0 saturated carbocycles. The fourth-order valence-electron chi connectivity index (χ4n) is 1.28. The van der Waals surface area contributed by atoms with E-state index in [1.807, 2.05) is 0 Å². The van der Waals surface area contributed by atoms with E-state index in [9.17, 15) is 4.79 Å². The Kier molecular flexibility index (Phi) is 4.32. The van der Waals surface area contributed by atoms with E-state index in [2.05, 4.69) is 15.9 Å². The molecule has 1 aromatic rings. The molecule has 0 heterocycles. The first kappa shape index (κ1) is 13.0. The number of hydrogen-bond acceptors (Lipinski definition) is 3. The highest BCUT2D eigenvalue weighted by molar-refractivity contribution is 9.10. The number of aliphatic hydroxyl groups is 1. The summed E-state index contributed by atoms with van der Waals surface area (Å²) in [6.07, 6.45) is -0.635. The number of aryl methyl sites for hydroxylation is 1. The smallest absolute Gasteiger partial charge is 0.339 e. The molecule has 0 bridgehead atoms. The van der Waals surface area contributed by atoms with Crippen LogP contribution in [0.3, 0.4) is 0 Å². The van der Waals surface area contributed by atoms with Crippen molar-refractivity contribution in [1.82, 2.24) is 0 Å². The first-order chi connectivity index (χ1) is 7.41. The molecule has 0 aliphatic rings. The van der Waals surface area contributed by atoms with Crippen molar-refractivity contribution in [3.8, 4) is 5.75 Å². The van der Waals surface area contributed by atoms with Gasteiger partial charge in [0.15, 0.2) is 0 Å². The molecule has 2 N–H and O–H groups in total. The minimum Gasteiger partial charge on any atom is -0.490 e. The zero-order valence-corrected chi connectivity index (χ0v) is 10.6. The van der Waals surface area contributed by atoms with Crippen LogP contribution >= 0.6 is 15.9 Å².